The lowest BCUT2D eigenvalue weighted by Crippen LogP contribution is -2.04. The summed E-state index contributed by atoms with van der Waals surface area (Å²) in [5, 5.41) is 3.16. The molecule has 96 valence electrons. The predicted molar refractivity (Wildman–Crippen MR) is 80.5 cm³/mol. The van der Waals surface area contributed by atoms with Gasteiger partial charge in [-0.3, -0.25) is 0 Å². The molecule has 18 heavy (non-hydrogen) atoms. The van der Waals surface area contributed by atoms with E-state index in [1.165, 1.54) is 21.0 Å². The Morgan fingerprint density at radius 2 is 2.06 bits per heavy atom. The number of hydrogen-bond donors (Lipinski definition) is 1. The first kappa shape index (κ1) is 13.6. The average molecular weight is 278 g/mol. The smallest absolute Gasteiger partial charge is 0.0797 e. The van der Waals surface area contributed by atoms with E-state index in [0.717, 1.165) is 18.7 Å². The second-order valence-electron chi connectivity index (χ2n) is 4.13. The van der Waals surface area contributed by atoms with Crippen LogP contribution in [0, 0.1) is 6.92 Å². The van der Waals surface area contributed by atoms with E-state index in [9.17, 15) is 0 Å². The Labute approximate surface area is 117 Å². The summed E-state index contributed by atoms with van der Waals surface area (Å²) in [7, 11) is 1.97. The normalized spacial score (nSPS) is 10.8. The number of rotatable bonds is 6. The Balaban J connectivity index is 1.81. The van der Waals surface area contributed by atoms with Crippen LogP contribution in [0.4, 0.5) is 0 Å². The summed E-state index contributed by atoms with van der Waals surface area (Å²) in [5.74, 6) is 1.12. The van der Waals surface area contributed by atoms with Gasteiger partial charge >= 0.3 is 0 Å². The molecule has 0 amide bonds. The molecule has 0 aliphatic carbocycles. The van der Waals surface area contributed by atoms with Gasteiger partial charge in [-0.25, -0.2) is 4.98 Å². The second kappa shape index (κ2) is 6.92. The fourth-order valence-corrected chi connectivity index (χ4v) is 3.52. The van der Waals surface area contributed by atoms with E-state index < -0.39 is 0 Å². The molecule has 1 aromatic carbocycles. The zero-order valence-electron chi connectivity index (χ0n) is 10.8. The molecular formula is C14H18N2S2. The monoisotopic (exact) mass is 278 g/mol. The minimum Gasteiger partial charge on any atom is -0.316 e. The van der Waals surface area contributed by atoms with Gasteiger partial charge < -0.3 is 5.32 Å². The molecule has 0 radical (unpaired) electrons. The van der Waals surface area contributed by atoms with Gasteiger partial charge in [-0.15, -0.1) is 23.1 Å². The van der Waals surface area contributed by atoms with Gasteiger partial charge in [0.1, 0.15) is 0 Å². The molecule has 0 aliphatic heterocycles. The third-order valence-electron chi connectivity index (χ3n) is 2.75. The Hall–Kier alpha value is -0.840. The third-order valence-corrected chi connectivity index (χ3v) is 4.76. The fraction of sp³-hybridized carbons (Fsp3) is 0.357. The minimum absolute atomic E-state index is 0.936. The molecule has 4 heteroatoms. The zero-order valence-corrected chi connectivity index (χ0v) is 12.4. The van der Waals surface area contributed by atoms with E-state index in [-0.39, 0.29) is 0 Å². The summed E-state index contributed by atoms with van der Waals surface area (Å²) in [6, 6.07) is 8.79. The van der Waals surface area contributed by atoms with Gasteiger partial charge in [-0.2, -0.15) is 0 Å². The highest BCUT2D eigenvalue weighted by Crippen LogP contribution is 2.21. The lowest BCUT2D eigenvalue weighted by molar-refractivity contribution is 0.817. The molecule has 2 rings (SSSR count). The van der Waals surface area contributed by atoms with Crippen LogP contribution in [-0.2, 0) is 13.0 Å². The highest BCUT2D eigenvalue weighted by molar-refractivity contribution is 7.99. The number of nitrogens with zero attached hydrogens (tertiary/aromatic N) is 1. The van der Waals surface area contributed by atoms with E-state index in [0.29, 0.717) is 0 Å². The lowest BCUT2D eigenvalue weighted by Gasteiger charge is -2.03. The predicted octanol–water partition coefficient (Wildman–Crippen LogP) is 3.51. The summed E-state index contributed by atoms with van der Waals surface area (Å²) in [4.78, 5) is 7.03. The molecule has 0 saturated carbocycles. The van der Waals surface area contributed by atoms with Crippen LogP contribution in [0.25, 0.3) is 0 Å². The maximum absolute atomic E-state index is 4.28. The quantitative estimate of drug-likeness (QED) is 0.819. The molecule has 1 heterocycles. The van der Waals surface area contributed by atoms with Crippen molar-refractivity contribution in [2.24, 2.45) is 0 Å². The van der Waals surface area contributed by atoms with Crippen LogP contribution in [0.5, 0.6) is 0 Å². The maximum Gasteiger partial charge on any atom is 0.0797 e. The summed E-state index contributed by atoms with van der Waals surface area (Å²) in [5.41, 5.74) is 4.45. The van der Waals surface area contributed by atoms with E-state index in [2.05, 4.69) is 41.5 Å². The van der Waals surface area contributed by atoms with Crippen molar-refractivity contribution in [1.29, 1.82) is 0 Å². The number of aromatic nitrogens is 1. The first-order chi connectivity index (χ1) is 8.79. The zero-order chi connectivity index (χ0) is 12.8. The van der Waals surface area contributed by atoms with Crippen molar-refractivity contribution in [3.63, 3.8) is 0 Å². The first-order valence-corrected chi connectivity index (χ1v) is 7.91. The van der Waals surface area contributed by atoms with Crippen LogP contribution in [0.2, 0.25) is 0 Å². The van der Waals surface area contributed by atoms with Gasteiger partial charge in [0.25, 0.3) is 0 Å². The molecule has 0 saturated heterocycles. The van der Waals surface area contributed by atoms with E-state index in [1.54, 1.807) is 11.3 Å². The lowest BCUT2D eigenvalue weighted by atomic mass is 10.2. The van der Waals surface area contributed by atoms with Crippen molar-refractivity contribution >= 4 is 23.1 Å². The second-order valence-corrected chi connectivity index (χ2v) is 6.24. The third kappa shape index (κ3) is 3.83. The van der Waals surface area contributed by atoms with Crippen molar-refractivity contribution in [3.8, 4) is 0 Å². The molecule has 0 unspecified atom stereocenters. The number of nitrogens with one attached hydrogen (secondary N) is 1. The standard InChI is InChI=1S/C14H18N2S2/c1-11-14(18-10-16-11)7-8-17-13-5-3-12(4-6-13)9-15-2/h3-6,10,15H,7-9H2,1-2H3. The van der Waals surface area contributed by atoms with Crippen LogP contribution in [0.3, 0.4) is 0 Å². The van der Waals surface area contributed by atoms with Gasteiger partial charge in [0.05, 0.1) is 11.2 Å². The van der Waals surface area contributed by atoms with Crippen molar-refractivity contribution in [2.45, 2.75) is 24.8 Å². The van der Waals surface area contributed by atoms with Crippen LogP contribution in [0.1, 0.15) is 16.1 Å². The topological polar surface area (TPSA) is 24.9 Å². The van der Waals surface area contributed by atoms with Crippen LogP contribution in [0.15, 0.2) is 34.7 Å². The van der Waals surface area contributed by atoms with Crippen molar-refractivity contribution < 1.29 is 0 Å². The molecule has 2 nitrogen and oxygen atoms in total. The van der Waals surface area contributed by atoms with Crippen molar-refractivity contribution in [2.75, 3.05) is 12.8 Å². The van der Waals surface area contributed by atoms with Crippen LogP contribution < -0.4 is 5.32 Å². The Kier molecular flexibility index (Phi) is 5.23. The minimum atomic E-state index is 0.936. The fourth-order valence-electron chi connectivity index (χ4n) is 1.74. The van der Waals surface area contributed by atoms with E-state index in [4.69, 9.17) is 0 Å². The SMILES string of the molecule is CNCc1ccc(SCCc2scnc2C)cc1. The van der Waals surface area contributed by atoms with E-state index in [1.807, 2.05) is 24.3 Å². The average Bonchev–Trinajstić information content (AvgIpc) is 2.78. The molecule has 2 aromatic rings. The summed E-state index contributed by atoms with van der Waals surface area (Å²) in [6.45, 7) is 3.02. The highest BCUT2D eigenvalue weighted by Gasteiger charge is 2.01. The molecule has 0 bridgehead atoms. The van der Waals surface area contributed by atoms with Gasteiger partial charge in [0, 0.05) is 22.1 Å². The van der Waals surface area contributed by atoms with Gasteiger partial charge in [0.2, 0.25) is 0 Å². The Morgan fingerprint density at radius 3 is 2.67 bits per heavy atom. The van der Waals surface area contributed by atoms with E-state index >= 15 is 0 Å². The van der Waals surface area contributed by atoms with Crippen molar-refractivity contribution in [1.82, 2.24) is 10.3 Å². The van der Waals surface area contributed by atoms with Gasteiger partial charge in [-0.1, -0.05) is 12.1 Å². The molecular weight excluding hydrogens is 260 g/mol. The Bertz CT molecular complexity index is 477. The molecule has 0 spiro atoms. The number of thiazole rings is 1. The number of hydrogen-bond acceptors (Lipinski definition) is 4. The van der Waals surface area contributed by atoms with Crippen molar-refractivity contribution in [3.05, 3.63) is 45.9 Å². The number of benzene rings is 1. The van der Waals surface area contributed by atoms with Crippen LogP contribution >= 0.6 is 23.1 Å². The molecule has 1 aromatic heterocycles. The molecule has 0 fully saturated rings. The summed E-state index contributed by atoms with van der Waals surface area (Å²) in [6.07, 6.45) is 1.11. The maximum atomic E-state index is 4.28. The Morgan fingerprint density at radius 1 is 1.28 bits per heavy atom. The molecule has 1 N–H and O–H groups in total. The number of thioether (sulfide) groups is 1. The first-order valence-electron chi connectivity index (χ1n) is 6.05. The molecule has 0 atom stereocenters. The van der Waals surface area contributed by atoms with Crippen LogP contribution in [-0.4, -0.2) is 17.8 Å². The summed E-state index contributed by atoms with van der Waals surface area (Å²) >= 11 is 3.67. The highest BCUT2D eigenvalue weighted by atomic mass is 32.2. The molecule has 0 aliphatic rings. The van der Waals surface area contributed by atoms with Gasteiger partial charge in [0.15, 0.2) is 0 Å². The van der Waals surface area contributed by atoms with Gasteiger partial charge in [-0.05, 0) is 38.1 Å². The summed E-state index contributed by atoms with van der Waals surface area (Å²) < 4.78 is 0. The largest absolute Gasteiger partial charge is 0.316 e. The number of aryl methyl sites for hydroxylation is 2.